The molecule has 0 N–H and O–H groups in total. The summed E-state index contributed by atoms with van der Waals surface area (Å²) in [4.78, 5) is 5.10. The molecule has 0 aliphatic carbocycles. The van der Waals surface area contributed by atoms with Crippen LogP contribution in [-0.2, 0) is 6.54 Å². The Morgan fingerprint density at radius 1 is 0.950 bits per heavy atom. The summed E-state index contributed by atoms with van der Waals surface area (Å²) in [5.74, 6) is 0. The van der Waals surface area contributed by atoms with Gasteiger partial charge in [0, 0.05) is 32.7 Å². The monoisotopic (exact) mass is 268 g/mol. The standard InChI is InChI=1S/C18H24N2/c1-3-19-9-11-20(12-10-19)14-16-7-8-18-15(2)5-4-6-17(18)13-16/h4-8,13H,3,9-12,14H2,1-2H3. The quantitative estimate of drug-likeness (QED) is 0.843. The first-order chi connectivity index (χ1) is 9.76. The number of hydrogen-bond donors (Lipinski definition) is 0. The van der Waals surface area contributed by atoms with Crippen LogP contribution in [0.2, 0.25) is 0 Å². The van der Waals surface area contributed by atoms with Gasteiger partial charge in [-0.2, -0.15) is 0 Å². The van der Waals surface area contributed by atoms with Crippen LogP contribution in [-0.4, -0.2) is 42.5 Å². The summed E-state index contributed by atoms with van der Waals surface area (Å²) in [6.45, 7) is 11.5. The van der Waals surface area contributed by atoms with E-state index in [1.165, 1.54) is 54.6 Å². The van der Waals surface area contributed by atoms with Crippen LogP contribution >= 0.6 is 0 Å². The van der Waals surface area contributed by atoms with Crippen molar-refractivity contribution in [3.63, 3.8) is 0 Å². The maximum atomic E-state index is 2.57. The maximum Gasteiger partial charge on any atom is 0.0235 e. The molecule has 2 aromatic rings. The normalized spacial score (nSPS) is 17.7. The molecule has 0 spiro atoms. The molecule has 106 valence electrons. The third kappa shape index (κ3) is 2.87. The number of likely N-dealkylation sites (N-methyl/N-ethyl adjacent to an activating group) is 1. The van der Waals surface area contributed by atoms with E-state index < -0.39 is 0 Å². The summed E-state index contributed by atoms with van der Waals surface area (Å²) < 4.78 is 0. The van der Waals surface area contributed by atoms with Crippen LogP contribution in [0.3, 0.4) is 0 Å². The van der Waals surface area contributed by atoms with Crippen molar-refractivity contribution < 1.29 is 0 Å². The first-order valence-corrected chi connectivity index (χ1v) is 7.69. The topological polar surface area (TPSA) is 6.48 Å². The minimum Gasteiger partial charge on any atom is -0.301 e. The van der Waals surface area contributed by atoms with E-state index in [4.69, 9.17) is 0 Å². The fraction of sp³-hybridized carbons (Fsp3) is 0.444. The van der Waals surface area contributed by atoms with Crippen molar-refractivity contribution >= 4 is 10.8 Å². The highest BCUT2D eigenvalue weighted by molar-refractivity contribution is 5.86. The zero-order valence-electron chi connectivity index (χ0n) is 12.6. The molecule has 0 saturated carbocycles. The summed E-state index contributed by atoms with van der Waals surface area (Å²) in [5.41, 5.74) is 2.80. The Labute approximate surface area is 122 Å². The smallest absolute Gasteiger partial charge is 0.0235 e. The highest BCUT2D eigenvalue weighted by Crippen LogP contribution is 2.20. The van der Waals surface area contributed by atoms with Gasteiger partial charge in [0.1, 0.15) is 0 Å². The van der Waals surface area contributed by atoms with Crippen molar-refractivity contribution in [2.24, 2.45) is 0 Å². The number of benzene rings is 2. The van der Waals surface area contributed by atoms with E-state index in [1.54, 1.807) is 0 Å². The van der Waals surface area contributed by atoms with Crippen LogP contribution in [0.25, 0.3) is 10.8 Å². The van der Waals surface area contributed by atoms with Crippen LogP contribution < -0.4 is 0 Å². The van der Waals surface area contributed by atoms with Gasteiger partial charge in [0.2, 0.25) is 0 Å². The second kappa shape index (κ2) is 5.94. The lowest BCUT2D eigenvalue weighted by Gasteiger charge is -2.34. The van der Waals surface area contributed by atoms with Gasteiger partial charge in [-0.05, 0) is 41.4 Å². The zero-order chi connectivity index (χ0) is 13.9. The van der Waals surface area contributed by atoms with Gasteiger partial charge < -0.3 is 4.90 Å². The van der Waals surface area contributed by atoms with Crippen molar-refractivity contribution in [1.29, 1.82) is 0 Å². The molecule has 0 amide bonds. The van der Waals surface area contributed by atoms with E-state index >= 15 is 0 Å². The van der Waals surface area contributed by atoms with E-state index in [9.17, 15) is 0 Å². The average Bonchev–Trinajstić information content (AvgIpc) is 2.48. The maximum absolute atomic E-state index is 2.57. The molecule has 1 saturated heterocycles. The lowest BCUT2D eigenvalue weighted by atomic mass is 10.0. The zero-order valence-corrected chi connectivity index (χ0v) is 12.6. The number of hydrogen-bond acceptors (Lipinski definition) is 2. The van der Waals surface area contributed by atoms with Gasteiger partial charge in [0.05, 0.1) is 0 Å². The average molecular weight is 268 g/mol. The molecule has 0 radical (unpaired) electrons. The Balaban J connectivity index is 1.72. The lowest BCUT2D eigenvalue weighted by Crippen LogP contribution is -2.45. The van der Waals surface area contributed by atoms with Gasteiger partial charge in [0.15, 0.2) is 0 Å². The number of rotatable bonds is 3. The number of nitrogens with zero attached hydrogens (tertiary/aromatic N) is 2. The van der Waals surface area contributed by atoms with Crippen LogP contribution in [0.1, 0.15) is 18.1 Å². The molecule has 1 fully saturated rings. The third-order valence-corrected chi connectivity index (χ3v) is 4.48. The van der Waals surface area contributed by atoms with Crippen LogP contribution in [0.5, 0.6) is 0 Å². The van der Waals surface area contributed by atoms with E-state index in [1.807, 2.05) is 0 Å². The molecular formula is C18H24N2. The predicted molar refractivity (Wildman–Crippen MR) is 86.1 cm³/mol. The molecule has 0 unspecified atom stereocenters. The minimum absolute atomic E-state index is 1.08. The largest absolute Gasteiger partial charge is 0.301 e. The second-order valence-electron chi connectivity index (χ2n) is 5.84. The van der Waals surface area contributed by atoms with Crippen LogP contribution in [0.15, 0.2) is 36.4 Å². The molecule has 1 heterocycles. The Bertz CT molecular complexity index is 583. The van der Waals surface area contributed by atoms with Gasteiger partial charge in [-0.15, -0.1) is 0 Å². The molecule has 1 aliphatic heterocycles. The van der Waals surface area contributed by atoms with Gasteiger partial charge >= 0.3 is 0 Å². The molecule has 0 atom stereocenters. The highest BCUT2D eigenvalue weighted by Gasteiger charge is 2.15. The van der Waals surface area contributed by atoms with Crippen molar-refractivity contribution in [1.82, 2.24) is 9.80 Å². The molecule has 2 heteroatoms. The Hall–Kier alpha value is -1.38. The number of piperazine rings is 1. The first kappa shape index (κ1) is 13.6. The van der Waals surface area contributed by atoms with Crippen LogP contribution in [0.4, 0.5) is 0 Å². The van der Waals surface area contributed by atoms with Crippen molar-refractivity contribution in [2.75, 3.05) is 32.7 Å². The van der Waals surface area contributed by atoms with Crippen molar-refractivity contribution in [2.45, 2.75) is 20.4 Å². The summed E-state index contributed by atoms with van der Waals surface area (Å²) in [7, 11) is 0. The molecule has 2 nitrogen and oxygen atoms in total. The lowest BCUT2D eigenvalue weighted by molar-refractivity contribution is 0.132. The van der Waals surface area contributed by atoms with E-state index in [0.29, 0.717) is 0 Å². The highest BCUT2D eigenvalue weighted by atomic mass is 15.3. The molecule has 0 bridgehead atoms. The van der Waals surface area contributed by atoms with Gasteiger partial charge in [0.25, 0.3) is 0 Å². The molecule has 0 aromatic heterocycles. The molecule has 20 heavy (non-hydrogen) atoms. The SMILES string of the molecule is CCN1CCN(Cc2ccc3c(C)cccc3c2)CC1. The Morgan fingerprint density at radius 2 is 1.70 bits per heavy atom. The molecule has 3 rings (SSSR count). The van der Waals surface area contributed by atoms with Crippen molar-refractivity contribution in [3.8, 4) is 0 Å². The van der Waals surface area contributed by atoms with Gasteiger partial charge in [-0.3, -0.25) is 4.90 Å². The Morgan fingerprint density at radius 3 is 2.45 bits per heavy atom. The Kier molecular flexibility index (Phi) is 4.04. The number of aryl methyl sites for hydroxylation is 1. The predicted octanol–water partition coefficient (Wildman–Crippen LogP) is 3.29. The summed E-state index contributed by atoms with van der Waals surface area (Å²) in [5, 5.41) is 2.75. The van der Waals surface area contributed by atoms with Gasteiger partial charge in [-0.25, -0.2) is 0 Å². The fourth-order valence-electron chi connectivity index (χ4n) is 3.12. The van der Waals surface area contributed by atoms with Crippen molar-refractivity contribution in [3.05, 3.63) is 47.5 Å². The summed E-state index contributed by atoms with van der Waals surface area (Å²) in [6, 6.07) is 13.5. The number of fused-ring (bicyclic) bond motifs is 1. The van der Waals surface area contributed by atoms with Gasteiger partial charge in [-0.1, -0.05) is 37.3 Å². The van der Waals surface area contributed by atoms with E-state index in [2.05, 4.69) is 60.0 Å². The minimum atomic E-state index is 1.08. The van der Waals surface area contributed by atoms with E-state index in [0.717, 1.165) is 6.54 Å². The molecule has 1 aliphatic rings. The van der Waals surface area contributed by atoms with E-state index in [-0.39, 0.29) is 0 Å². The summed E-state index contributed by atoms with van der Waals surface area (Å²) >= 11 is 0. The second-order valence-corrected chi connectivity index (χ2v) is 5.84. The molecular weight excluding hydrogens is 244 g/mol. The first-order valence-electron chi connectivity index (χ1n) is 7.69. The van der Waals surface area contributed by atoms with Crippen LogP contribution in [0, 0.1) is 6.92 Å². The molecule has 2 aromatic carbocycles. The fourth-order valence-corrected chi connectivity index (χ4v) is 3.12. The summed E-state index contributed by atoms with van der Waals surface area (Å²) in [6.07, 6.45) is 0. The third-order valence-electron chi connectivity index (χ3n) is 4.48.